The highest BCUT2D eigenvalue weighted by molar-refractivity contribution is 6.30. The van der Waals surface area contributed by atoms with Gasteiger partial charge in [-0.3, -0.25) is 10.2 Å². The third kappa shape index (κ3) is 4.54. The van der Waals surface area contributed by atoms with Crippen molar-refractivity contribution in [2.75, 3.05) is 28.2 Å². The molecule has 2 amide bonds. The quantitative estimate of drug-likeness (QED) is 0.597. The molecule has 0 bridgehead atoms. The molecule has 1 aromatic carbocycles. The van der Waals surface area contributed by atoms with Gasteiger partial charge in [0.15, 0.2) is 5.82 Å². The maximum absolute atomic E-state index is 13.4. The van der Waals surface area contributed by atoms with Crippen LogP contribution in [0.1, 0.15) is 20.3 Å². The number of hydrogen-bond acceptors (Lipinski definition) is 5. The van der Waals surface area contributed by atoms with Crippen LogP contribution >= 0.6 is 11.6 Å². The molecule has 0 unspecified atom stereocenters. The fourth-order valence-corrected chi connectivity index (χ4v) is 4.09. The van der Waals surface area contributed by atoms with Crippen molar-refractivity contribution < 1.29 is 9.90 Å². The Morgan fingerprint density at radius 2 is 2.06 bits per heavy atom. The number of anilines is 3. The minimum atomic E-state index is -0.705. The molecule has 0 spiro atoms. The third-order valence-electron chi connectivity index (χ3n) is 5.70. The molecule has 0 saturated heterocycles. The molecule has 3 aromatic rings. The summed E-state index contributed by atoms with van der Waals surface area (Å²) in [6.45, 7) is 5.27. The number of nitrogens with one attached hydrogen (secondary N) is 1. The molecule has 1 aliphatic rings. The number of rotatable bonds is 3. The zero-order valence-electron chi connectivity index (χ0n) is 18.1. The number of aliphatic hydroxyl groups is 1. The summed E-state index contributed by atoms with van der Waals surface area (Å²) in [4.78, 5) is 26.2. The van der Waals surface area contributed by atoms with Gasteiger partial charge in [-0.05, 0) is 56.7 Å². The Labute approximate surface area is 192 Å². The predicted octanol–water partition coefficient (Wildman–Crippen LogP) is 4.81. The normalized spacial score (nSPS) is 18.5. The molecule has 8 heteroatoms. The Bertz CT molecular complexity index is 1090. The fraction of sp³-hybridized carbons (Fsp3) is 0.292. The number of nitrogens with zero attached hydrogens (tertiary/aromatic N) is 4. The maximum Gasteiger partial charge on any atom is 0.329 e. The lowest BCUT2D eigenvalue weighted by Crippen LogP contribution is -2.51. The number of benzene rings is 1. The van der Waals surface area contributed by atoms with Gasteiger partial charge in [0.2, 0.25) is 0 Å². The monoisotopic (exact) mass is 451 g/mol. The average Bonchev–Trinajstić information content (AvgIpc) is 2.80. The van der Waals surface area contributed by atoms with Crippen molar-refractivity contribution in [2.45, 2.75) is 32.4 Å². The molecule has 166 valence electrons. The first kappa shape index (κ1) is 22.0. The molecule has 2 atom stereocenters. The average molecular weight is 452 g/mol. The van der Waals surface area contributed by atoms with Crippen LogP contribution in [0.2, 0.25) is 5.02 Å². The van der Waals surface area contributed by atoms with Gasteiger partial charge in [0, 0.05) is 29.9 Å². The van der Waals surface area contributed by atoms with E-state index in [1.54, 1.807) is 24.4 Å². The summed E-state index contributed by atoms with van der Waals surface area (Å²) < 4.78 is 0. The van der Waals surface area contributed by atoms with Gasteiger partial charge in [-0.25, -0.2) is 14.8 Å². The topological polar surface area (TPSA) is 81.6 Å². The lowest BCUT2D eigenvalue weighted by molar-refractivity contribution is 0.139. The van der Waals surface area contributed by atoms with Crippen LogP contribution in [0.4, 0.5) is 22.1 Å². The fourth-order valence-electron chi connectivity index (χ4n) is 3.90. The van der Waals surface area contributed by atoms with Crippen molar-refractivity contribution in [1.82, 2.24) is 9.97 Å². The van der Waals surface area contributed by atoms with E-state index in [1.165, 1.54) is 4.90 Å². The van der Waals surface area contributed by atoms with Crippen molar-refractivity contribution in [3.8, 4) is 11.3 Å². The maximum atomic E-state index is 13.4. The molecule has 1 aliphatic heterocycles. The number of hydrogen-bond donors (Lipinski definition) is 2. The van der Waals surface area contributed by atoms with Crippen molar-refractivity contribution in [2.24, 2.45) is 0 Å². The molecular weight excluding hydrogens is 426 g/mol. The first-order valence-electron chi connectivity index (χ1n) is 10.7. The van der Waals surface area contributed by atoms with E-state index in [4.69, 9.17) is 16.6 Å². The molecule has 0 fully saturated rings. The number of amides is 2. The summed E-state index contributed by atoms with van der Waals surface area (Å²) in [7, 11) is 0. The van der Waals surface area contributed by atoms with E-state index >= 15 is 0 Å². The summed E-state index contributed by atoms with van der Waals surface area (Å²) in [5.41, 5.74) is 2.39. The lowest BCUT2D eigenvalue weighted by atomic mass is 10.0. The number of pyridine rings is 2. The second-order valence-corrected chi connectivity index (χ2v) is 8.18. The van der Waals surface area contributed by atoms with Crippen molar-refractivity contribution in [1.29, 1.82) is 0 Å². The summed E-state index contributed by atoms with van der Waals surface area (Å²) in [5.74, 6) is 0.921. The van der Waals surface area contributed by atoms with E-state index < -0.39 is 18.2 Å². The minimum Gasteiger partial charge on any atom is -0.391 e. The van der Waals surface area contributed by atoms with Gasteiger partial charge >= 0.3 is 6.03 Å². The van der Waals surface area contributed by atoms with Crippen LogP contribution < -0.4 is 15.1 Å². The van der Waals surface area contributed by atoms with Gasteiger partial charge in [0.25, 0.3) is 0 Å². The van der Waals surface area contributed by atoms with Gasteiger partial charge in [0.05, 0.1) is 23.5 Å². The molecule has 4 rings (SSSR count). The summed E-state index contributed by atoms with van der Waals surface area (Å²) in [6, 6.07) is 15.8. The second-order valence-electron chi connectivity index (χ2n) is 7.74. The number of carbonyl (C=O) groups excluding carboxylic acids is 1. The van der Waals surface area contributed by atoms with Gasteiger partial charge in [-0.2, -0.15) is 0 Å². The molecule has 0 aliphatic carbocycles. The van der Waals surface area contributed by atoms with Crippen LogP contribution in [0.15, 0.2) is 60.8 Å². The first-order valence-corrected chi connectivity index (χ1v) is 11.1. The number of fused-ring (bicyclic) bond motifs is 1. The molecule has 7 nitrogen and oxygen atoms in total. The second kappa shape index (κ2) is 9.54. The van der Waals surface area contributed by atoms with E-state index in [0.717, 1.165) is 17.8 Å². The molecule has 2 aromatic heterocycles. The van der Waals surface area contributed by atoms with Crippen LogP contribution in [-0.4, -0.2) is 46.3 Å². The van der Waals surface area contributed by atoms with E-state index in [9.17, 15) is 9.90 Å². The van der Waals surface area contributed by atoms with E-state index in [2.05, 4.69) is 15.2 Å². The van der Waals surface area contributed by atoms with Crippen molar-refractivity contribution in [3.05, 3.63) is 65.8 Å². The highest BCUT2D eigenvalue weighted by Gasteiger charge is 2.34. The highest BCUT2D eigenvalue weighted by atomic mass is 35.5. The number of urea groups is 1. The van der Waals surface area contributed by atoms with Gasteiger partial charge in [-0.1, -0.05) is 29.8 Å². The van der Waals surface area contributed by atoms with Crippen LogP contribution in [0.3, 0.4) is 0 Å². The number of carbonyl (C=O) groups is 1. The molecule has 32 heavy (non-hydrogen) atoms. The Balaban J connectivity index is 1.83. The number of halogens is 1. The van der Waals surface area contributed by atoms with Crippen LogP contribution in [0.25, 0.3) is 11.3 Å². The molecule has 3 heterocycles. The zero-order chi connectivity index (χ0) is 22.7. The van der Waals surface area contributed by atoms with E-state index in [-0.39, 0.29) is 0 Å². The Hall–Kier alpha value is -3.16. The largest absolute Gasteiger partial charge is 0.391 e. The predicted molar refractivity (Wildman–Crippen MR) is 128 cm³/mol. The highest BCUT2D eigenvalue weighted by Crippen LogP contribution is 2.35. The van der Waals surface area contributed by atoms with Gasteiger partial charge < -0.3 is 10.0 Å². The van der Waals surface area contributed by atoms with Crippen molar-refractivity contribution in [3.63, 3.8) is 0 Å². The SMILES string of the molecule is CCN1CC[C@@H](O)[C@@H](C)N(C(=O)Nc2ccccn2)c2nc(-c3cccc(Cl)c3)ccc21. The Morgan fingerprint density at radius 3 is 2.78 bits per heavy atom. The summed E-state index contributed by atoms with van der Waals surface area (Å²) in [6.07, 6.45) is 1.45. The van der Waals surface area contributed by atoms with Crippen LogP contribution in [0.5, 0.6) is 0 Å². The van der Waals surface area contributed by atoms with Gasteiger partial charge in [-0.15, -0.1) is 0 Å². The van der Waals surface area contributed by atoms with Gasteiger partial charge in [0.1, 0.15) is 5.82 Å². The molecule has 2 N–H and O–H groups in total. The summed E-state index contributed by atoms with van der Waals surface area (Å²) >= 11 is 6.19. The minimum absolute atomic E-state index is 0.398. The molecular formula is C24H26ClN5O2. The zero-order valence-corrected chi connectivity index (χ0v) is 18.8. The van der Waals surface area contributed by atoms with Crippen LogP contribution in [0, 0.1) is 0 Å². The number of aromatic nitrogens is 2. The number of aliphatic hydroxyl groups excluding tert-OH is 1. The van der Waals surface area contributed by atoms with Crippen LogP contribution in [-0.2, 0) is 0 Å². The molecule has 0 saturated carbocycles. The summed E-state index contributed by atoms with van der Waals surface area (Å²) in [5, 5.41) is 14.3. The third-order valence-corrected chi connectivity index (χ3v) is 5.94. The Morgan fingerprint density at radius 1 is 1.22 bits per heavy atom. The first-order chi connectivity index (χ1) is 15.5. The smallest absolute Gasteiger partial charge is 0.329 e. The van der Waals surface area contributed by atoms with Crippen molar-refractivity contribution >= 4 is 35.0 Å². The lowest BCUT2D eigenvalue weighted by Gasteiger charge is -2.38. The molecule has 0 radical (unpaired) electrons. The standard InChI is InChI=1S/C24H26ClN5O2/c1-3-29-14-12-21(31)16(2)30(24(32)28-22-9-4-5-13-26-22)23-20(29)11-10-19(27-23)17-7-6-8-18(25)15-17/h4-11,13,15-16,21,31H,3,12,14H2,1-2H3,(H,26,28,32)/t16-,21-/m1/s1. The van der Waals surface area contributed by atoms with E-state index in [0.29, 0.717) is 35.3 Å². The van der Waals surface area contributed by atoms with E-state index in [1.807, 2.05) is 50.2 Å². The Kier molecular flexibility index (Phi) is 6.58.